The van der Waals surface area contributed by atoms with E-state index in [9.17, 15) is 4.79 Å². The second-order valence-electron chi connectivity index (χ2n) is 9.58. The second kappa shape index (κ2) is 13.9. The van der Waals surface area contributed by atoms with E-state index in [0.29, 0.717) is 41.1 Å². The zero-order chi connectivity index (χ0) is 26.0. The number of carbonyl (C=O) groups is 1. The van der Waals surface area contributed by atoms with Gasteiger partial charge in [0.1, 0.15) is 0 Å². The topological polar surface area (TPSA) is 32.8 Å². The summed E-state index contributed by atoms with van der Waals surface area (Å²) >= 11 is 13.0. The Bertz CT molecular complexity index is 1070. The highest BCUT2D eigenvalue weighted by atomic mass is 35.5. The zero-order valence-corrected chi connectivity index (χ0v) is 23.1. The van der Waals surface area contributed by atoms with Gasteiger partial charge in [0.05, 0.1) is 22.7 Å². The summed E-state index contributed by atoms with van der Waals surface area (Å²) in [4.78, 5) is 17.7. The molecule has 1 fully saturated rings. The Morgan fingerprint density at radius 2 is 1.35 bits per heavy atom. The molecule has 1 amide bonds. The molecular formula is C31H36Cl2N2O2. The Morgan fingerprint density at radius 3 is 1.89 bits per heavy atom. The third-order valence-electron chi connectivity index (χ3n) is 6.94. The number of benzene rings is 3. The molecule has 3 aromatic carbocycles. The van der Waals surface area contributed by atoms with Crippen molar-refractivity contribution in [1.82, 2.24) is 9.80 Å². The molecule has 1 aliphatic heterocycles. The summed E-state index contributed by atoms with van der Waals surface area (Å²) < 4.78 is 5.86. The summed E-state index contributed by atoms with van der Waals surface area (Å²) in [5, 5.41) is 0.771. The number of nitrogens with zero attached hydrogens (tertiary/aromatic N) is 2. The first kappa shape index (κ1) is 27.5. The number of ether oxygens (including phenoxy) is 1. The van der Waals surface area contributed by atoms with E-state index < -0.39 is 0 Å². The molecule has 37 heavy (non-hydrogen) atoms. The number of unbranched alkanes of at least 4 members (excludes halogenated alkanes) is 4. The van der Waals surface area contributed by atoms with E-state index >= 15 is 0 Å². The van der Waals surface area contributed by atoms with E-state index in [4.69, 9.17) is 27.9 Å². The molecule has 0 aromatic heterocycles. The van der Waals surface area contributed by atoms with Crippen molar-refractivity contribution in [2.45, 2.75) is 45.1 Å². The predicted octanol–water partition coefficient (Wildman–Crippen LogP) is 7.89. The molecule has 0 unspecified atom stereocenters. The number of hydrogen-bond acceptors (Lipinski definition) is 3. The van der Waals surface area contributed by atoms with Gasteiger partial charge in [0, 0.05) is 31.7 Å². The minimum Gasteiger partial charge on any atom is -0.490 e. The highest BCUT2D eigenvalue weighted by Crippen LogP contribution is 2.35. The van der Waals surface area contributed by atoms with Crippen molar-refractivity contribution in [2.24, 2.45) is 0 Å². The lowest BCUT2D eigenvalue weighted by Crippen LogP contribution is -2.49. The molecule has 196 valence electrons. The van der Waals surface area contributed by atoms with Gasteiger partial charge >= 0.3 is 0 Å². The van der Waals surface area contributed by atoms with Crippen LogP contribution in [0.25, 0.3) is 0 Å². The fourth-order valence-electron chi connectivity index (χ4n) is 4.95. The van der Waals surface area contributed by atoms with Crippen LogP contribution in [-0.4, -0.2) is 48.5 Å². The third-order valence-corrected chi connectivity index (χ3v) is 7.50. The highest BCUT2D eigenvalue weighted by Gasteiger charge is 2.29. The van der Waals surface area contributed by atoms with Gasteiger partial charge in [-0.1, -0.05) is 116 Å². The lowest BCUT2D eigenvalue weighted by atomic mass is 9.96. The number of carbonyl (C=O) groups excluding carboxylic acids is 1. The standard InChI is InChI=1S/C31H36Cl2N2O2/c1-2-3-4-5-12-21-37-30-27(32)22-26(23-28(30)33)31(36)35-19-17-34(18-20-35)29(24-13-8-6-9-14-24)25-15-10-7-11-16-25/h6-11,13-16,22-23,29H,2-5,12,17-21H2,1H3. The maximum absolute atomic E-state index is 13.3. The average molecular weight is 540 g/mol. The molecule has 1 aliphatic rings. The Kier molecular flexibility index (Phi) is 10.3. The first-order chi connectivity index (χ1) is 18.1. The zero-order valence-electron chi connectivity index (χ0n) is 21.5. The van der Waals surface area contributed by atoms with Gasteiger partial charge in [-0.3, -0.25) is 9.69 Å². The molecule has 0 atom stereocenters. The van der Waals surface area contributed by atoms with Crippen LogP contribution in [0, 0.1) is 0 Å². The van der Waals surface area contributed by atoms with Crippen LogP contribution in [0.2, 0.25) is 10.0 Å². The van der Waals surface area contributed by atoms with Gasteiger partial charge in [-0.25, -0.2) is 0 Å². The molecule has 1 saturated heterocycles. The maximum atomic E-state index is 13.3. The van der Waals surface area contributed by atoms with E-state index in [-0.39, 0.29) is 11.9 Å². The van der Waals surface area contributed by atoms with Crippen LogP contribution in [0.3, 0.4) is 0 Å². The van der Waals surface area contributed by atoms with Crippen LogP contribution in [-0.2, 0) is 0 Å². The van der Waals surface area contributed by atoms with E-state index in [0.717, 1.165) is 25.9 Å². The van der Waals surface area contributed by atoms with Gasteiger partial charge < -0.3 is 9.64 Å². The van der Waals surface area contributed by atoms with Gasteiger partial charge in [0.25, 0.3) is 5.91 Å². The summed E-state index contributed by atoms with van der Waals surface area (Å²) in [6, 6.07) is 24.6. The van der Waals surface area contributed by atoms with Crippen LogP contribution in [0.15, 0.2) is 72.8 Å². The second-order valence-corrected chi connectivity index (χ2v) is 10.4. The SMILES string of the molecule is CCCCCCCOc1c(Cl)cc(C(=O)N2CCN(C(c3ccccc3)c3ccccc3)CC2)cc1Cl. The van der Waals surface area contributed by atoms with E-state index in [1.807, 2.05) is 17.0 Å². The lowest BCUT2D eigenvalue weighted by Gasteiger charge is -2.40. The average Bonchev–Trinajstić information content (AvgIpc) is 2.93. The summed E-state index contributed by atoms with van der Waals surface area (Å²) in [7, 11) is 0. The summed E-state index contributed by atoms with van der Waals surface area (Å²) in [5.74, 6) is 0.416. The number of rotatable bonds is 11. The van der Waals surface area contributed by atoms with E-state index in [1.54, 1.807) is 12.1 Å². The number of amides is 1. The van der Waals surface area contributed by atoms with Crippen molar-refractivity contribution in [3.63, 3.8) is 0 Å². The van der Waals surface area contributed by atoms with Crippen LogP contribution >= 0.6 is 23.2 Å². The molecule has 4 rings (SSSR count). The van der Waals surface area contributed by atoms with Crippen molar-refractivity contribution >= 4 is 29.1 Å². The van der Waals surface area contributed by atoms with Crippen molar-refractivity contribution in [3.05, 3.63) is 99.5 Å². The quantitative estimate of drug-likeness (QED) is 0.232. The molecule has 0 N–H and O–H groups in total. The largest absolute Gasteiger partial charge is 0.490 e. The Labute approximate surface area is 231 Å². The van der Waals surface area contributed by atoms with Gasteiger partial charge in [-0.05, 0) is 29.7 Å². The molecule has 4 nitrogen and oxygen atoms in total. The number of hydrogen-bond donors (Lipinski definition) is 0. The normalized spacial score (nSPS) is 14.2. The Balaban J connectivity index is 1.38. The van der Waals surface area contributed by atoms with Crippen LogP contribution in [0.5, 0.6) is 5.75 Å². The van der Waals surface area contributed by atoms with Crippen molar-refractivity contribution in [3.8, 4) is 5.75 Å². The molecule has 0 bridgehead atoms. The lowest BCUT2D eigenvalue weighted by molar-refractivity contribution is 0.0597. The minimum atomic E-state index is -0.0504. The monoisotopic (exact) mass is 538 g/mol. The number of halogens is 2. The van der Waals surface area contributed by atoms with Crippen LogP contribution in [0.4, 0.5) is 0 Å². The van der Waals surface area contributed by atoms with Gasteiger partial charge in [-0.15, -0.1) is 0 Å². The molecule has 6 heteroatoms. The summed E-state index contributed by atoms with van der Waals surface area (Å²) in [5.41, 5.74) is 3.02. The molecule has 0 spiro atoms. The fourth-order valence-corrected chi connectivity index (χ4v) is 5.55. The maximum Gasteiger partial charge on any atom is 0.254 e. The molecule has 1 heterocycles. The Morgan fingerprint density at radius 1 is 0.811 bits per heavy atom. The van der Waals surface area contributed by atoms with Gasteiger partial charge in [0.2, 0.25) is 0 Å². The predicted molar refractivity (Wildman–Crippen MR) is 153 cm³/mol. The molecule has 3 aromatic rings. The van der Waals surface area contributed by atoms with Crippen LogP contribution in [0.1, 0.15) is 66.6 Å². The first-order valence-corrected chi connectivity index (χ1v) is 14.1. The summed E-state index contributed by atoms with van der Waals surface area (Å²) in [6.07, 6.45) is 5.75. The number of piperazine rings is 1. The molecule has 0 saturated carbocycles. The van der Waals surface area contributed by atoms with Crippen molar-refractivity contribution < 1.29 is 9.53 Å². The van der Waals surface area contributed by atoms with E-state index in [2.05, 4.69) is 60.4 Å². The fraction of sp³-hybridized carbons (Fsp3) is 0.387. The van der Waals surface area contributed by atoms with Crippen molar-refractivity contribution in [2.75, 3.05) is 32.8 Å². The smallest absolute Gasteiger partial charge is 0.254 e. The summed E-state index contributed by atoms with van der Waals surface area (Å²) in [6.45, 7) is 5.61. The first-order valence-electron chi connectivity index (χ1n) is 13.3. The molecule has 0 radical (unpaired) electrons. The minimum absolute atomic E-state index is 0.0504. The molecular weight excluding hydrogens is 503 g/mol. The van der Waals surface area contributed by atoms with Crippen LogP contribution < -0.4 is 4.74 Å². The van der Waals surface area contributed by atoms with Gasteiger partial charge in [0.15, 0.2) is 5.75 Å². The van der Waals surface area contributed by atoms with Gasteiger partial charge in [-0.2, -0.15) is 0 Å². The van der Waals surface area contributed by atoms with Crippen molar-refractivity contribution in [1.29, 1.82) is 0 Å². The molecule has 0 aliphatic carbocycles. The van der Waals surface area contributed by atoms with E-state index in [1.165, 1.54) is 30.4 Å². The highest BCUT2D eigenvalue weighted by molar-refractivity contribution is 6.37. The Hall–Kier alpha value is -2.53. The third kappa shape index (κ3) is 7.28.